The minimum Gasteiger partial charge on any atom is -0.480 e. The van der Waals surface area contributed by atoms with Gasteiger partial charge < -0.3 is 10.4 Å². The van der Waals surface area contributed by atoms with Crippen LogP contribution in [0.3, 0.4) is 0 Å². The van der Waals surface area contributed by atoms with Gasteiger partial charge in [-0.2, -0.15) is 0 Å². The summed E-state index contributed by atoms with van der Waals surface area (Å²) < 4.78 is 12.7. The molecule has 0 saturated carbocycles. The molecule has 1 amide bonds. The molecule has 1 aromatic rings. The number of benzene rings is 1. The van der Waals surface area contributed by atoms with Crippen molar-refractivity contribution in [2.75, 3.05) is 0 Å². The first-order valence-electron chi connectivity index (χ1n) is 4.40. The number of carbonyl (C=O) groups is 2. The van der Waals surface area contributed by atoms with Crippen LogP contribution in [-0.4, -0.2) is 23.0 Å². The molecular weight excluding hydrogens is 237 g/mol. The molecule has 0 aromatic heterocycles. The highest BCUT2D eigenvalue weighted by atomic mass is 35.5. The summed E-state index contributed by atoms with van der Waals surface area (Å²) in [6.45, 7) is 1.32. The molecule has 1 aromatic carbocycles. The van der Waals surface area contributed by atoms with Crippen LogP contribution in [-0.2, 0) is 4.79 Å². The predicted molar refractivity (Wildman–Crippen MR) is 56.0 cm³/mol. The minimum absolute atomic E-state index is 0.0381. The fraction of sp³-hybridized carbons (Fsp3) is 0.200. The molecule has 0 fully saturated rings. The van der Waals surface area contributed by atoms with Crippen LogP contribution in [0, 0.1) is 5.82 Å². The van der Waals surface area contributed by atoms with E-state index in [9.17, 15) is 14.0 Å². The van der Waals surface area contributed by atoms with Crippen LogP contribution in [0.2, 0.25) is 5.02 Å². The number of carboxylic acids is 1. The topological polar surface area (TPSA) is 66.4 Å². The Morgan fingerprint density at radius 2 is 2.12 bits per heavy atom. The molecule has 1 rings (SSSR count). The van der Waals surface area contributed by atoms with Crippen molar-refractivity contribution in [3.63, 3.8) is 0 Å². The molecule has 0 aliphatic rings. The lowest BCUT2D eigenvalue weighted by Gasteiger charge is -2.10. The van der Waals surface area contributed by atoms with E-state index in [2.05, 4.69) is 5.32 Å². The van der Waals surface area contributed by atoms with Gasteiger partial charge in [-0.1, -0.05) is 11.6 Å². The van der Waals surface area contributed by atoms with Gasteiger partial charge in [0.25, 0.3) is 5.91 Å². The van der Waals surface area contributed by atoms with Crippen molar-refractivity contribution in [3.05, 3.63) is 34.6 Å². The van der Waals surface area contributed by atoms with Gasteiger partial charge in [-0.15, -0.1) is 0 Å². The number of carbonyl (C=O) groups excluding carboxylic acids is 1. The highest BCUT2D eigenvalue weighted by Gasteiger charge is 2.17. The van der Waals surface area contributed by atoms with Crippen LogP contribution in [0.4, 0.5) is 4.39 Å². The number of aliphatic carboxylic acids is 1. The van der Waals surface area contributed by atoms with Gasteiger partial charge in [0, 0.05) is 0 Å². The molecule has 1 unspecified atom stereocenters. The Balaban J connectivity index is 2.85. The zero-order valence-corrected chi connectivity index (χ0v) is 9.08. The number of hydrogen-bond donors (Lipinski definition) is 2. The minimum atomic E-state index is -1.16. The number of amides is 1. The molecule has 0 saturated heterocycles. The first-order valence-corrected chi connectivity index (χ1v) is 4.78. The Morgan fingerprint density at radius 1 is 1.50 bits per heavy atom. The van der Waals surface area contributed by atoms with E-state index >= 15 is 0 Å². The highest BCUT2D eigenvalue weighted by Crippen LogP contribution is 2.17. The molecule has 0 bridgehead atoms. The van der Waals surface area contributed by atoms with E-state index in [0.717, 1.165) is 12.1 Å². The second-order valence-corrected chi connectivity index (χ2v) is 3.56. The van der Waals surface area contributed by atoms with E-state index in [0.29, 0.717) is 0 Å². The first-order chi connectivity index (χ1) is 7.41. The third-order valence-electron chi connectivity index (χ3n) is 1.89. The van der Waals surface area contributed by atoms with Gasteiger partial charge in [-0.3, -0.25) is 9.59 Å². The number of rotatable bonds is 3. The van der Waals surface area contributed by atoms with E-state index in [1.54, 1.807) is 0 Å². The van der Waals surface area contributed by atoms with Gasteiger partial charge in [-0.05, 0) is 25.1 Å². The van der Waals surface area contributed by atoms with Crippen molar-refractivity contribution in [3.8, 4) is 0 Å². The van der Waals surface area contributed by atoms with Crippen LogP contribution in [0.25, 0.3) is 0 Å². The lowest BCUT2D eigenvalue weighted by atomic mass is 10.2. The Hall–Kier alpha value is -1.62. The fourth-order valence-electron chi connectivity index (χ4n) is 1.01. The number of hydrogen-bond acceptors (Lipinski definition) is 2. The number of nitrogens with one attached hydrogen (secondary N) is 1. The molecular formula is C10H9ClFNO3. The fourth-order valence-corrected chi connectivity index (χ4v) is 1.26. The number of halogens is 2. The van der Waals surface area contributed by atoms with Crippen LogP contribution in [0.1, 0.15) is 17.3 Å². The average Bonchev–Trinajstić information content (AvgIpc) is 2.16. The second-order valence-electron chi connectivity index (χ2n) is 3.16. The lowest BCUT2D eigenvalue weighted by Crippen LogP contribution is -2.38. The van der Waals surface area contributed by atoms with E-state index in [-0.39, 0.29) is 10.6 Å². The van der Waals surface area contributed by atoms with Crippen molar-refractivity contribution in [1.82, 2.24) is 5.32 Å². The van der Waals surface area contributed by atoms with E-state index < -0.39 is 23.7 Å². The van der Waals surface area contributed by atoms with Crippen molar-refractivity contribution in [1.29, 1.82) is 0 Å². The molecule has 6 heteroatoms. The standard InChI is InChI=1S/C10H9ClFNO3/c1-5(10(15)16)13-9(14)7-3-2-6(12)4-8(7)11/h2-5H,1H3,(H,13,14)(H,15,16). The van der Waals surface area contributed by atoms with Gasteiger partial charge in [-0.25, -0.2) is 4.39 Å². The van der Waals surface area contributed by atoms with Gasteiger partial charge in [0.1, 0.15) is 11.9 Å². The summed E-state index contributed by atoms with van der Waals surface area (Å²) in [6.07, 6.45) is 0. The summed E-state index contributed by atoms with van der Waals surface area (Å²) >= 11 is 5.64. The van der Waals surface area contributed by atoms with Crippen LogP contribution in [0.15, 0.2) is 18.2 Å². The molecule has 0 radical (unpaired) electrons. The van der Waals surface area contributed by atoms with Crippen molar-refractivity contribution in [2.45, 2.75) is 13.0 Å². The monoisotopic (exact) mass is 245 g/mol. The van der Waals surface area contributed by atoms with Crippen LogP contribution in [0.5, 0.6) is 0 Å². The van der Waals surface area contributed by atoms with E-state index in [4.69, 9.17) is 16.7 Å². The molecule has 1 atom stereocenters. The third kappa shape index (κ3) is 2.93. The maximum absolute atomic E-state index is 12.7. The molecule has 0 aliphatic carbocycles. The molecule has 86 valence electrons. The molecule has 16 heavy (non-hydrogen) atoms. The largest absolute Gasteiger partial charge is 0.480 e. The van der Waals surface area contributed by atoms with Crippen LogP contribution >= 0.6 is 11.6 Å². The van der Waals surface area contributed by atoms with Crippen molar-refractivity contribution >= 4 is 23.5 Å². The smallest absolute Gasteiger partial charge is 0.325 e. The summed E-state index contributed by atoms with van der Waals surface area (Å²) in [7, 11) is 0. The summed E-state index contributed by atoms with van der Waals surface area (Å²) in [5, 5.41) is 10.7. The van der Waals surface area contributed by atoms with Gasteiger partial charge >= 0.3 is 5.97 Å². The predicted octanol–water partition coefficient (Wildman–Crippen LogP) is 1.68. The molecule has 0 heterocycles. The van der Waals surface area contributed by atoms with Crippen molar-refractivity contribution in [2.24, 2.45) is 0 Å². The SMILES string of the molecule is CC(NC(=O)c1ccc(F)cc1Cl)C(=O)O. The van der Waals surface area contributed by atoms with Gasteiger partial charge in [0.05, 0.1) is 10.6 Å². The second kappa shape index (κ2) is 4.94. The van der Waals surface area contributed by atoms with E-state index in [1.165, 1.54) is 13.0 Å². The number of carboxylic acid groups (broad SMARTS) is 1. The summed E-state index contributed by atoms with van der Waals surface area (Å²) in [5.41, 5.74) is 0.0381. The molecule has 0 aliphatic heterocycles. The first kappa shape index (κ1) is 12.4. The van der Waals surface area contributed by atoms with Crippen LogP contribution < -0.4 is 5.32 Å². The zero-order valence-electron chi connectivity index (χ0n) is 8.33. The van der Waals surface area contributed by atoms with Gasteiger partial charge in [0.15, 0.2) is 0 Å². The Bertz CT molecular complexity index is 436. The molecule has 4 nitrogen and oxygen atoms in total. The quantitative estimate of drug-likeness (QED) is 0.852. The zero-order chi connectivity index (χ0) is 12.3. The molecule has 0 spiro atoms. The Kier molecular flexibility index (Phi) is 3.84. The summed E-state index contributed by atoms with van der Waals surface area (Å²) in [4.78, 5) is 22.0. The van der Waals surface area contributed by atoms with Crippen molar-refractivity contribution < 1.29 is 19.1 Å². The lowest BCUT2D eigenvalue weighted by molar-refractivity contribution is -0.138. The maximum atomic E-state index is 12.7. The third-order valence-corrected chi connectivity index (χ3v) is 2.21. The summed E-state index contributed by atoms with van der Waals surface area (Å²) in [6, 6.07) is 2.23. The molecule has 2 N–H and O–H groups in total. The average molecular weight is 246 g/mol. The Morgan fingerprint density at radius 3 is 2.62 bits per heavy atom. The van der Waals surface area contributed by atoms with E-state index in [1.807, 2.05) is 0 Å². The maximum Gasteiger partial charge on any atom is 0.325 e. The van der Waals surface area contributed by atoms with Gasteiger partial charge in [0.2, 0.25) is 0 Å². The Labute approximate surface area is 96.0 Å². The normalized spacial score (nSPS) is 11.9. The highest BCUT2D eigenvalue weighted by molar-refractivity contribution is 6.33. The summed E-state index contributed by atoms with van der Waals surface area (Å²) in [5.74, 6) is -2.38.